The lowest BCUT2D eigenvalue weighted by molar-refractivity contribution is 0.0696. The molecule has 1 amide bonds. The molecule has 1 aromatic rings. The van der Waals surface area contributed by atoms with Gasteiger partial charge in [-0.25, -0.2) is 13.6 Å². The van der Waals surface area contributed by atoms with Crippen LogP contribution >= 0.6 is 12.4 Å². The third kappa shape index (κ3) is 6.48. The SMILES string of the molecule is CCOCCOc1ccc(F)c(COC(=O)N2CCNCC2CC)c1F.Cl. The molecule has 0 saturated carbocycles. The number of carbonyl (C=O) groups is 1. The Bertz CT molecular complexity index is 607. The first-order chi connectivity index (χ1) is 12.6. The quantitative estimate of drug-likeness (QED) is 0.670. The number of halogens is 3. The number of nitrogens with zero attached hydrogens (tertiary/aromatic N) is 1. The Morgan fingerprint density at radius 2 is 2.07 bits per heavy atom. The topological polar surface area (TPSA) is 60.0 Å². The molecule has 0 aromatic heterocycles. The molecule has 1 unspecified atom stereocenters. The first kappa shape index (κ1) is 23.4. The Kier molecular flexibility index (Phi) is 10.4. The third-order valence-electron chi connectivity index (χ3n) is 4.24. The maximum absolute atomic E-state index is 14.5. The van der Waals surface area contributed by atoms with E-state index in [-0.39, 0.29) is 36.4 Å². The molecule has 0 bridgehead atoms. The average molecular weight is 409 g/mol. The summed E-state index contributed by atoms with van der Waals surface area (Å²) in [6.07, 6.45) is 0.202. The van der Waals surface area contributed by atoms with Crippen molar-refractivity contribution >= 4 is 18.5 Å². The van der Waals surface area contributed by atoms with E-state index in [2.05, 4.69) is 5.32 Å². The van der Waals surface area contributed by atoms with Crippen molar-refractivity contribution in [3.63, 3.8) is 0 Å². The first-order valence-corrected chi connectivity index (χ1v) is 8.90. The van der Waals surface area contributed by atoms with Gasteiger partial charge in [0, 0.05) is 32.3 Å². The summed E-state index contributed by atoms with van der Waals surface area (Å²) in [6.45, 7) is 6.15. The second-order valence-corrected chi connectivity index (χ2v) is 5.90. The van der Waals surface area contributed by atoms with E-state index in [0.29, 0.717) is 32.8 Å². The van der Waals surface area contributed by atoms with Gasteiger partial charge in [-0.2, -0.15) is 0 Å². The Morgan fingerprint density at radius 1 is 1.30 bits per heavy atom. The molecule has 27 heavy (non-hydrogen) atoms. The van der Waals surface area contributed by atoms with Crippen LogP contribution in [0.2, 0.25) is 0 Å². The highest BCUT2D eigenvalue weighted by Gasteiger charge is 2.27. The normalized spacial score (nSPS) is 16.6. The van der Waals surface area contributed by atoms with Crippen molar-refractivity contribution < 1.29 is 27.8 Å². The Labute approximate surface area is 164 Å². The second-order valence-electron chi connectivity index (χ2n) is 5.90. The van der Waals surface area contributed by atoms with E-state index in [0.717, 1.165) is 12.5 Å². The minimum absolute atomic E-state index is 0. The minimum atomic E-state index is -0.860. The zero-order chi connectivity index (χ0) is 18.9. The van der Waals surface area contributed by atoms with Crippen LogP contribution in [-0.2, 0) is 16.1 Å². The van der Waals surface area contributed by atoms with E-state index in [1.54, 1.807) is 4.90 Å². The van der Waals surface area contributed by atoms with Gasteiger partial charge in [-0.3, -0.25) is 0 Å². The Hall–Kier alpha value is -1.64. The largest absolute Gasteiger partial charge is 0.488 e. The van der Waals surface area contributed by atoms with Gasteiger partial charge in [-0.05, 0) is 25.5 Å². The number of hydrogen-bond donors (Lipinski definition) is 1. The van der Waals surface area contributed by atoms with Crippen LogP contribution in [0.15, 0.2) is 12.1 Å². The van der Waals surface area contributed by atoms with Gasteiger partial charge < -0.3 is 24.4 Å². The molecule has 1 saturated heterocycles. The van der Waals surface area contributed by atoms with Gasteiger partial charge in [0.15, 0.2) is 11.6 Å². The summed E-state index contributed by atoms with van der Waals surface area (Å²) in [5.41, 5.74) is -0.324. The molecule has 1 aliphatic heterocycles. The van der Waals surface area contributed by atoms with Crippen LogP contribution in [0.25, 0.3) is 0 Å². The number of piperazine rings is 1. The molecule has 9 heteroatoms. The van der Waals surface area contributed by atoms with Gasteiger partial charge >= 0.3 is 6.09 Å². The maximum atomic E-state index is 14.5. The molecule has 1 atom stereocenters. The molecule has 1 fully saturated rings. The fourth-order valence-corrected chi connectivity index (χ4v) is 2.76. The molecule has 0 aliphatic carbocycles. The summed E-state index contributed by atoms with van der Waals surface area (Å²) in [5, 5.41) is 3.20. The van der Waals surface area contributed by atoms with Crippen LogP contribution in [-0.4, -0.2) is 56.5 Å². The number of benzene rings is 1. The number of carbonyl (C=O) groups excluding carboxylic acids is 1. The standard InChI is InChI=1S/C18H26F2N2O4.ClH/c1-3-13-11-21-7-8-22(13)18(23)26-12-14-15(19)5-6-16(17(14)20)25-10-9-24-4-2;/h5-6,13,21H,3-4,7-12H2,1-2H3;1H. The molecule has 1 aromatic carbocycles. The zero-order valence-corrected chi connectivity index (χ0v) is 16.4. The highest BCUT2D eigenvalue weighted by molar-refractivity contribution is 5.85. The molecule has 1 N–H and O–H groups in total. The van der Waals surface area contributed by atoms with Gasteiger partial charge in [0.05, 0.1) is 12.2 Å². The molecule has 2 rings (SSSR count). The lowest BCUT2D eigenvalue weighted by atomic mass is 10.1. The smallest absolute Gasteiger partial charge is 0.410 e. The van der Waals surface area contributed by atoms with Crippen molar-refractivity contribution in [2.24, 2.45) is 0 Å². The second kappa shape index (κ2) is 11.9. The van der Waals surface area contributed by atoms with Gasteiger partial charge in [0.1, 0.15) is 19.0 Å². The lowest BCUT2D eigenvalue weighted by Gasteiger charge is -2.34. The van der Waals surface area contributed by atoms with Crippen LogP contribution in [0.3, 0.4) is 0 Å². The Morgan fingerprint density at radius 3 is 2.78 bits per heavy atom. The third-order valence-corrected chi connectivity index (χ3v) is 4.24. The summed E-state index contributed by atoms with van der Waals surface area (Å²) in [6, 6.07) is 2.33. The number of amides is 1. The van der Waals surface area contributed by atoms with E-state index >= 15 is 0 Å². The molecule has 0 radical (unpaired) electrons. The number of rotatable bonds is 8. The van der Waals surface area contributed by atoms with Crippen molar-refractivity contribution in [3.8, 4) is 5.75 Å². The first-order valence-electron chi connectivity index (χ1n) is 8.90. The van der Waals surface area contributed by atoms with Crippen molar-refractivity contribution in [2.75, 3.05) is 39.5 Å². The van der Waals surface area contributed by atoms with Gasteiger partial charge in [0.25, 0.3) is 0 Å². The fraction of sp³-hybridized carbons (Fsp3) is 0.611. The summed E-state index contributed by atoms with van der Waals surface area (Å²) in [4.78, 5) is 13.9. The number of hydrogen-bond acceptors (Lipinski definition) is 5. The van der Waals surface area contributed by atoms with Crippen molar-refractivity contribution in [1.29, 1.82) is 0 Å². The predicted octanol–water partition coefficient (Wildman–Crippen LogP) is 3.12. The van der Waals surface area contributed by atoms with E-state index in [1.165, 1.54) is 6.07 Å². The summed E-state index contributed by atoms with van der Waals surface area (Å²) < 4.78 is 44.0. The molecule has 1 heterocycles. The summed E-state index contributed by atoms with van der Waals surface area (Å²) in [7, 11) is 0. The lowest BCUT2D eigenvalue weighted by Crippen LogP contribution is -2.53. The molecular formula is C18H27ClF2N2O4. The van der Waals surface area contributed by atoms with Gasteiger partial charge in [-0.15, -0.1) is 12.4 Å². The highest BCUT2D eigenvalue weighted by Crippen LogP contribution is 2.24. The van der Waals surface area contributed by atoms with E-state index in [1.807, 2.05) is 13.8 Å². The van der Waals surface area contributed by atoms with Crippen LogP contribution in [0, 0.1) is 11.6 Å². The number of ether oxygens (including phenoxy) is 3. The molecule has 0 spiro atoms. The van der Waals surface area contributed by atoms with E-state index < -0.39 is 24.3 Å². The van der Waals surface area contributed by atoms with Crippen LogP contribution in [0.1, 0.15) is 25.8 Å². The van der Waals surface area contributed by atoms with Crippen molar-refractivity contribution in [3.05, 3.63) is 29.3 Å². The monoisotopic (exact) mass is 408 g/mol. The van der Waals surface area contributed by atoms with Crippen molar-refractivity contribution in [1.82, 2.24) is 10.2 Å². The van der Waals surface area contributed by atoms with Gasteiger partial charge in [-0.1, -0.05) is 6.92 Å². The van der Waals surface area contributed by atoms with Crippen LogP contribution < -0.4 is 10.1 Å². The van der Waals surface area contributed by atoms with Crippen LogP contribution in [0.4, 0.5) is 13.6 Å². The molecule has 1 aliphatic rings. The molecule has 6 nitrogen and oxygen atoms in total. The molecule has 154 valence electrons. The maximum Gasteiger partial charge on any atom is 0.410 e. The zero-order valence-electron chi connectivity index (χ0n) is 15.6. The predicted molar refractivity (Wildman–Crippen MR) is 99.4 cm³/mol. The highest BCUT2D eigenvalue weighted by atomic mass is 35.5. The minimum Gasteiger partial charge on any atom is -0.488 e. The summed E-state index contributed by atoms with van der Waals surface area (Å²) in [5.74, 6) is -1.73. The summed E-state index contributed by atoms with van der Waals surface area (Å²) >= 11 is 0. The fourth-order valence-electron chi connectivity index (χ4n) is 2.76. The van der Waals surface area contributed by atoms with Crippen molar-refractivity contribution in [2.45, 2.75) is 32.9 Å². The van der Waals surface area contributed by atoms with E-state index in [9.17, 15) is 13.6 Å². The van der Waals surface area contributed by atoms with Crippen LogP contribution in [0.5, 0.6) is 5.75 Å². The van der Waals surface area contributed by atoms with Gasteiger partial charge in [0.2, 0.25) is 0 Å². The molecular weight excluding hydrogens is 382 g/mol. The number of nitrogens with one attached hydrogen (secondary N) is 1. The average Bonchev–Trinajstić information content (AvgIpc) is 2.66. The Balaban J connectivity index is 0.00000364. The van der Waals surface area contributed by atoms with E-state index in [4.69, 9.17) is 14.2 Å².